The van der Waals surface area contributed by atoms with Gasteiger partial charge >= 0.3 is 6.18 Å². The number of hydrogen-bond donors (Lipinski definition) is 2. The number of nitrogens with zero attached hydrogens (tertiary/aromatic N) is 6. The van der Waals surface area contributed by atoms with Gasteiger partial charge in [-0.1, -0.05) is 23.7 Å². The van der Waals surface area contributed by atoms with Gasteiger partial charge in [0.2, 0.25) is 5.82 Å². The number of rotatable bonds is 9. The van der Waals surface area contributed by atoms with Gasteiger partial charge in [-0.05, 0) is 30.3 Å². The Kier molecular flexibility index (Phi) is 8.04. The molecule has 0 spiro atoms. The number of nitrogens with one attached hydrogen (secondary N) is 2. The van der Waals surface area contributed by atoms with Gasteiger partial charge in [0.1, 0.15) is 23.1 Å². The Morgan fingerprint density at radius 1 is 0.909 bits per heavy atom. The van der Waals surface area contributed by atoms with E-state index >= 15 is 0 Å². The minimum atomic E-state index is -4.55. The van der Waals surface area contributed by atoms with Crippen molar-refractivity contribution >= 4 is 39.7 Å². The van der Waals surface area contributed by atoms with Crippen LogP contribution in [0.25, 0.3) is 10.8 Å². The van der Waals surface area contributed by atoms with Crippen molar-refractivity contribution in [3.8, 4) is 11.5 Å². The molecule has 228 valence electrons. The Morgan fingerprint density at radius 3 is 2.52 bits per heavy atom. The molecule has 0 amide bonds. The summed E-state index contributed by atoms with van der Waals surface area (Å²) >= 11 is 6.64. The predicted octanol–water partition coefficient (Wildman–Crippen LogP) is 6.16. The van der Waals surface area contributed by atoms with Gasteiger partial charge in [0.15, 0.2) is 5.82 Å². The first-order valence-corrected chi connectivity index (χ1v) is 14.1. The van der Waals surface area contributed by atoms with E-state index in [0.29, 0.717) is 30.5 Å². The van der Waals surface area contributed by atoms with Crippen molar-refractivity contribution < 1.29 is 22.6 Å². The predicted molar refractivity (Wildman–Crippen MR) is 161 cm³/mol. The maximum Gasteiger partial charge on any atom is 0.451 e. The molecule has 0 saturated heterocycles. The molecule has 6 rings (SSSR count). The molecule has 1 aliphatic heterocycles. The number of hydrogen-bond acceptors (Lipinski definition) is 9. The highest BCUT2D eigenvalue weighted by molar-refractivity contribution is 6.31. The van der Waals surface area contributed by atoms with Gasteiger partial charge in [-0.15, -0.1) is 10.2 Å². The first kappa shape index (κ1) is 29.3. The van der Waals surface area contributed by atoms with Crippen molar-refractivity contribution in [3.05, 3.63) is 88.7 Å². The topological polar surface area (TPSA) is 102 Å². The van der Waals surface area contributed by atoms with E-state index in [1.807, 2.05) is 47.4 Å². The number of aromatic nitrogens is 5. The summed E-state index contributed by atoms with van der Waals surface area (Å²) in [5.74, 6) is 1.97. The van der Waals surface area contributed by atoms with Gasteiger partial charge in [-0.25, -0.2) is 9.97 Å². The molecule has 2 aromatic carbocycles. The average Bonchev–Trinajstić information content (AvgIpc) is 3.47. The number of anilines is 3. The van der Waals surface area contributed by atoms with Crippen LogP contribution in [0.5, 0.6) is 11.5 Å². The molecule has 1 aliphatic rings. The number of fused-ring (bicyclic) bond motifs is 2. The largest absolute Gasteiger partial charge is 0.497 e. The molecule has 44 heavy (non-hydrogen) atoms. The second-order valence-corrected chi connectivity index (χ2v) is 10.5. The van der Waals surface area contributed by atoms with Crippen LogP contribution in [-0.4, -0.2) is 45.5 Å². The standard InChI is InChI=1S/C30H28ClF3N8O2/c1-43-20-7-6-18(25(12-20)44-2)14-38-28-22-4-3-5-24(21(22)8-9-35-28)36-15-19-16-37-26(13-23(19)31)41-10-11-42-27(17-41)39-40-29(42)30(32,33)34/h3-9,12-13,16,36H,10-11,14-15,17H2,1-2H3,(H,35,38). The van der Waals surface area contributed by atoms with Crippen LogP contribution in [0.3, 0.4) is 0 Å². The van der Waals surface area contributed by atoms with Crippen molar-refractivity contribution in [2.24, 2.45) is 0 Å². The Labute approximate surface area is 255 Å². The first-order valence-electron chi connectivity index (χ1n) is 13.7. The Hall–Kier alpha value is -4.78. The summed E-state index contributed by atoms with van der Waals surface area (Å²) in [5, 5.41) is 16.3. The average molecular weight is 625 g/mol. The zero-order chi connectivity index (χ0) is 30.8. The summed E-state index contributed by atoms with van der Waals surface area (Å²) < 4.78 is 51.5. The van der Waals surface area contributed by atoms with Gasteiger partial charge in [0.05, 0.1) is 25.8 Å². The molecule has 0 unspecified atom stereocenters. The fourth-order valence-corrected chi connectivity index (χ4v) is 5.40. The van der Waals surface area contributed by atoms with E-state index in [0.717, 1.165) is 49.5 Å². The molecule has 0 aliphatic carbocycles. The summed E-state index contributed by atoms with van der Waals surface area (Å²) in [6.45, 7) is 1.47. The molecule has 0 radical (unpaired) electrons. The zero-order valence-corrected chi connectivity index (χ0v) is 24.6. The smallest absolute Gasteiger partial charge is 0.451 e. The van der Waals surface area contributed by atoms with Crippen LogP contribution in [0.2, 0.25) is 5.02 Å². The fourth-order valence-electron chi connectivity index (χ4n) is 5.18. The SMILES string of the molecule is COc1ccc(CNc2nccc3c(NCc4cnc(N5CCn6c(nnc6C(F)(F)F)C5)cc4Cl)cccc23)c(OC)c1. The Bertz CT molecular complexity index is 1810. The molecule has 14 heteroatoms. The fraction of sp³-hybridized carbons (Fsp3) is 0.267. The molecular formula is C30H28ClF3N8O2. The first-order chi connectivity index (χ1) is 21.2. The molecule has 3 aromatic heterocycles. The number of alkyl halides is 3. The Balaban J connectivity index is 1.14. The molecule has 0 fully saturated rings. The van der Waals surface area contributed by atoms with E-state index in [2.05, 4.69) is 30.8 Å². The lowest BCUT2D eigenvalue weighted by atomic mass is 10.1. The quantitative estimate of drug-likeness (QED) is 0.200. The van der Waals surface area contributed by atoms with Crippen molar-refractivity contribution in [3.63, 3.8) is 0 Å². The molecule has 2 N–H and O–H groups in total. The lowest BCUT2D eigenvalue weighted by Gasteiger charge is -2.29. The van der Waals surface area contributed by atoms with E-state index in [4.69, 9.17) is 21.1 Å². The van der Waals surface area contributed by atoms with Crippen molar-refractivity contribution in [1.82, 2.24) is 24.7 Å². The third-order valence-corrected chi connectivity index (χ3v) is 7.81. The van der Waals surface area contributed by atoms with E-state index in [1.54, 1.807) is 32.7 Å². The van der Waals surface area contributed by atoms with Crippen molar-refractivity contribution in [2.45, 2.75) is 32.4 Å². The van der Waals surface area contributed by atoms with Gasteiger partial charge in [0, 0.05) is 72.2 Å². The number of pyridine rings is 2. The maximum atomic E-state index is 13.2. The highest BCUT2D eigenvalue weighted by Gasteiger charge is 2.39. The van der Waals surface area contributed by atoms with Crippen LogP contribution in [0.4, 0.5) is 30.5 Å². The molecule has 0 bridgehead atoms. The highest BCUT2D eigenvalue weighted by atomic mass is 35.5. The van der Waals surface area contributed by atoms with Crippen molar-refractivity contribution in [1.29, 1.82) is 0 Å². The van der Waals surface area contributed by atoms with Gasteiger partial charge < -0.3 is 29.6 Å². The molecule has 4 heterocycles. The third kappa shape index (κ3) is 5.87. The zero-order valence-electron chi connectivity index (χ0n) is 23.8. The molecular weight excluding hydrogens is 597 g/mol. The van der Waals surface area contributed by atoms with Gasteiger partial charge in [-0.3, -0.25) is 0 Å². The number of ether oxygens (including phenoxy) is 2. The lowest BCUT2D eigenvalue weighted by Crippen LogP contribution is -2.35. The van der Waals surface area contributed by atoms with Crippen LogP contribution in [0.1, 0.15) is 22.8 Å². The third-order valence-electron chi connectivity index (χ3n) is 7.46. The summed E-state index contributed by atoms with van der Waals surface area (Å²) in [7, 11) is 3.24. The lowest BCUT2D eigenvalue weighted by molar-refractivity contribution is -0.147. The van der Waals surface area contributed by atoms with Crippen LogP contribution >= 0.6 is 11.6 Å². The summed E-state index contributed by atoms with van der Waals surface area (Å²) in [4.78, 5) is 10.9. The normalized spacial score (nSPS) is 13.1. The molecule has 0 saturated carbocycles. The number of methoxy groups -OCH3 is 2. The van der Waals surface area contributed by atoms with Gasteiger partial charge in [-0.2, -0.15) is 13.2 Å². The van der Waals surface area contributed by atoms with Crippen LogP contribution in [-0.2, 0) is 32.4 Å². The summed E-state index contributed by atoms with van der Waals surface area (Å²) in [5.41, 5.74) is 2.63. The second-order valence-electron chi connectivity index (χ2n) is 10.1. The van der Waals surface area contributed by atoms with Crippen LogP contribution in [0.15, 0.2) is 60.9 Å². The minimum Gasteiger partial charge on any atom is -0.497 e. The number of benzene rings is 2. The van der Waals surface area contributed by atoms with Crippen molar-refractivity contribution in [2.75, 3.05) is 36.3 Å². The summed E-state index contributed by atoms with van der Waals surface area (Å²) in [6, 6.07) is 15.3. The van der Waals surface area contributed by atoms with Crippen LogP contribution in [0, 0.1) is 0 Å². The molecule has 0 atom stereocenters. The summed E-state index contributed by atoms with van der Waals surface area (Å²) in [6.07, 6.45) is -1.12. The van der Waals surface area contributed by atoms with E-state index < -0.39 is 12.0 Å². The van der Waals surface area contributed by atoms with E-state index in [9.17, 15) is 13.2 Å². The van der Waals surface area contributed by atoms with Crippen LogP contribution < -0.4 is 25.0 Å². The molecule has 10 nitrogen and oxygen atoms in total. The van der Waals surface area contributed by atoms with E-state index in [-0.39, 0.29) is 18.9 Å². The minimum absolute atomic E-state index is 0.0974. The Morgan fingerprint density at radius 2 is 1.75 bits per heavy atom. The monoisotopic (exact) mass is 624 g/mol. The van der Waals surface area contributed by atoms with E-state index in [1.165, 1.54) is 0 Å². The maximum absolute atomic E-state index is 13.2. The number of halogens is 4. The highest BCUT2D eigenvalue weighted by Crippen LogP contribution is 2.33. The second kappa shape index (κ2) is 12.1. The molecule has 5 aromatic rings. The van der Waals surface area contributed by atoms with Gasteiger partial charge in [0.25, 0.3) is 0 Å².